The summed E-state index contributed by atoms with van der Waals surface area (Å²) in [4.78, 5) is 12.2. The third-order valence-corrected chi connectivity index (χ3v) is 3.65. The molecule has 1 aromatic heterocycles. The van der Waals surface area contributed by atoms with Crippen molar-refractivity contribution in [3.63, 3.8) is 0 Å². The molecule has 0 fully saturated rings. The monoisotopic (exact) mass is 356 g/mol. The van der Waals surface area contributed by atoms with E-state index in [1.54, 1.807) is 18.2 Å². The first-order valence-electron chi connectivity index (χ1n) is 7.45. The highest BCUT2D eigenvalue weighted by molar-refractivity contribution is 6.31. The van der Waals surface area contributed by atoms with Gasteiger partial charge < -0.3 is 10.6 Å². The molecular formula is C18H14ClFN4O. The average molecular weight is 357 g/mol. The Kier molecular flexibility index (Phi) is 4.90. The minimum Gasteiger partial charge on any atom is -0.339 e. The lowest BCUT2D eigenvalue weighted by atomic mass is 10.2. The number of benzene rings is 2. The average Bonchev–Trinajstić information content (AvgIpc) is 2.59. The lowest BCUT2D eigenvalue weighted by Gasteiger charge is -2.07. The molecule has 0 radical (unpaired) electrons. The second-order valence-corrected chi connectivity index (χ2v) is 5.79. The van der Waals surface area contributed by atoms with E-state index in [9.17, 15) is 9.18 Å². The summed E-state index contributed by atoms with van der Waals surface area (Å²) in [6.45, 7) is 1.94. The van der Waals surface area contributed by atoms with Crippen LogP contribution in [-0.4, -0.2) is 16.1 Å². The van der Waals surface area contributed by atoms with E-state index in [1.807, 2.05) is 25.1 Å². The minimum atomic E-state index is -0.499. The number of amides is 1. The van der Waals surface area contributed by atoms with Crippen molar-refractivity contribution in [2.75, 3.05) is 10.6 Å². The van der Waals surface area contributed by atoms with Gasteiger partial charge in [-0.2, -0.15) is 0 Å². The normalized spacial score (nSPS) is 10.4. The van der Waals surface area contributed by atoms with Gasteiger partial charge in [0.1, 0.15) is 5.82 Å². The van der Waals surface area contributed by atoms with Gasteiger partial charge in [0.05, 0.1) is 5.02 Å². The Balaban J connectivity index is 1.69. The largest absolute Gasteiger partial charge is 0.339 e. The van der Waals surface area contributed by atoms with Gasteiger partial charge in [0.2, 0.25) is 0 Å². The Labute approximate surface area is 148 Å². The zero-order valence-corrected chi connectivity index (χ0v) is 14.0. The number of nitrogens with zero attached hydrogens (tertiary/aromatic N) is 2. The lowest BCUT2D eigenvalue weighted by molar-refractivity contribution is 0.102. The van der Waals surface area contributed by atoms with Crippen LogP contribution in [0.2, 0.25) is 5.02 Å². The van der Waals surface area contributed by atoms with Crippen molar-refractivity contribution in [1.29, 1.82) is 0 Å². The highest BCUT2D eigenvalue weighted by Crippen LogP contribution is 2.21. The van der Waals surface area contributed by atoms with E-state index in [-0.39, 0.29) is 16.6 Å². The number of rotatable bonds is 4. The van der Waals surface area contributed by atoms with Gasteiger partial charge in [0, 0.05) is 11.4 Å². The van der Waals surface area contributed by atoms with Crippen molar-refractivity contribution in [2.45, 2.75) is 6.92 Å². The van der Waals surface area contributed by atoms with Gasteiger partial charge in [-0.15, -0.1) is 10.2 Å². The van der Waals surface area contributed by atoms with Crippen molar-refractivity contribution in [3.8, 4) is 0 Å². The number of nitrogens with one attached hydrogen (secondary N) is 2. The highest BCUT2D eigenvalue weighted by atomic mass is 35.5. The Morgan fingerprint density at radius 1 is 1.04 bits per heavy atom. The van der Waals surface area contributed by atoms with Crippen molar-refractivity contribution in [3.05, 3.63) is 76.7 Å². The van der Waals surface area contributed by atoms with Crippen LogP contribution in [0.25, 0.3) is 0 Å². The first kappa shape index (κ1) is 16.9. The predicted molar refractivity (Wildman–Crippen MR) is 95.9 cm³/mol. The van der Waals surface area contributed by atoms with E-state index in [4.69, 9.17) is 11.6 Å². The van der Waals surface area contributed by atoms with Crippen LogP contribution in [-0.2, 0) is 0 Å². The number of anilines is 3. The summed E-state index contributed by atoms with van der Waals surface area (Å²) in [7, 11) is 0. The lowest BCUT2D eigenvalue weighted by Crippen LogP contribution is -2.14. The third kappa shape index (κ3) is 4.30. The molecule has 0 aliphatic carbocycles. The maximum atomic E-state index is 13.2. The SMILES string of the molecule is Cc1cccc(NC(=O)c2ccc(Nc3ccc(F)c(Cl)c3)nn2)c1. The number of halogens is 2. The minimum absolute atomic E-state index is 0.00658. The molecular weight excluding hydrogens is 343 g/mol. The van der Waals surface area contributed by atoms with Crippen molar-refractivity contribution in [1.82, 2.24) is 10.2 Å². The number of hydrogen-bond donors (Lipinski definition) is 2. The topological polar surface area (TPSA) is 66.9 Å². The summed E-state index contributed by atoms with van der Waals surface area (Å²) < 4.78 is 13.2. The molecule has 5 nitrogen and oxygen atoms in total. The van der Waals surface area contributed by atoms with Gasteiger partial charge in [-0.05, 0) is 55.0 Å². The quantitative estimate of drug-likeness (QED) is 0.718. The molecule has 0 saturated heterocycles. The van der Waals surface area contributed by atoms with Crippen LogP contribution in [0.4, 0.5) is 21.6 Å². The van der Waals surface area contributed by atoms with E-state index in [1.165, 1.54) is 18.2 Å². The fourth-order valence-corrected chi connectivity index (χ4v) is 2.34. The van der Waals surface area contributed by atoms with Gasteiger partial charge >= 0.3 is 0 Å². The molecule has 3 rings (SSSR count). The predicted octanol–water partition coefficient (Wildman–Crippen LogP) is 4.57. The van der Waals surface area contributed by atoms with Gasteiger partial charge in [-0.1, -0.05) is 23.7 Å². The van der Waals surface area contributed by atoms with E-state index in [0.717, 1.165) is 5.56 Å². The molecule has 126 valence electrons. The Morgan fingerprint density at radius 2 is 1.88 bits per heavy atom. The van der Waals surface area contributed by atoms with Crippen LogP contribution in [0.1, 0.15) is 16.1 Å². The Morgan fingerprint density at radius 3 is 2.56 bits per heavy atom. The van der Waals surface area contributed by atoms with E-state index in [2.05, 4.69) is 20.8 Å². The van der Waals surface area contributed by atoms with Gasteiger partial charge in [-0.3, -0.25) is 4.79 Å². The molecule has 7 heteroatoms. The molecule has 0 spiro atoms. The van der Waals surface area contributed by atoms with E-state index >= 15 is 0 Å². The molecule has 2 N–H and O–H groups in total. The summed E-state index contributed by atoms with van der Waals surface area (Å²) in [5.74, 6) is -0.439. The molecule has 3 aromatic rings. The second-order valence-electron chi connectivity index (χ2n) is 5.38. The summed E-state index contributed by atoms with van der Waals surface area (Å²) in [6, 6.07) is 14.8. The summed E-state index contributed by atoms with van der Waals surface area (Å²) in [6.07, 6.45) is 0. The maximum absolute atomic E-state index is 13.2. The van der Waals surface area contributed by atoms with Crippen LogP contribution < -0.4 is 10.6 Å². The first-order chi connectivity index (χ1) is 12.0. The molecule has 0 aliphatic heterocycles. The number of carbonyl (C=O) groups is 1. The van der Waals surface area contributed by atoms with Crippen LogP contribution in [0.5, 0.6) is 0 Å². The van der Waals surface area contributed by atoms with Crippen molar-refractivity contribution >= 4 is 34.7 Å². The standard InChI is InChI=1S/C18H14ClFN4O/c1-11-3-2-4-12(9-11)22-18(25)16-7-8-17(24-23-16)21-13-5-6-15(20)14(19)10-13/h2-10H,1H3,(H,21,24)(H,22,25). The summed E-state index contributed by atoms with van der Waals surface area (Å²) >= 11 is 5.73. The number of hydrogen-bond acceptors (Lipinski definition) is 4. The summed E-state index contributed by atoms with van der Waals surface area (Å²) in [5, 5.41) is 13.6. The van der Waals surface area contributed by atoms with Gasteiger partial charge in [0.15, 0.2) is 11.5 Å². The zero-order valence-electron chi connectivity index (χ0n) is 13.3. The molecule has 25 heavy (non-hydrogen) atoms. The molecule has 2 aromatic carbocycles. The van der Waals surface area contributed by atoms with Crippen molar-refractivity contribution < 1.29 is 9.18 Å². The maximum Gasteiger partial charge on any atom is 0.276 e. The Hall–Kier alpha value is -2.99. The molecule has 0 aliphatic rings. The molecule has 0 bridgehead atoms. The Bertz CT molecular complexity index is 915. The smallest absolute Gasteiger partial charge is 0.276 e. The number of aromatic nitrogens is 2. The first-order valence-corrected chi connectivity index (χ1v) is 7.83. The molecule has 0 atom stereocenters. The number of aryl methyl sites for hydroxylation is 1. The van der Waals surface area contributed by atoms with Crippen LogP contribution in [0, 0.1) is 12.7 Å². The van der Waals surface area contributed by atoms with Gasteiger partial charge in [0.25, 0.3) is 5.91 Å². The van der Waals surface area contributed by atoms with Crippen molar-refractivity contribution in [2.24, 2.45) is 0 Å². The highest BCUT2D eigenvalue weighted by Gasteiger charge is 2.09. The fourth-order valence-electron chi connectivity index (χ4n) is 2.16. The number of carbonyl (C=O) groups excluding carboxylic acids is 1. The van der Waals surface area contributed by atoms with Gasteiger partial charge in [-0.25, -0.2) is 4.39 Å². The summed E-state index contributed by atoms with van der Waals surface area (Å²) in [5.41, 5.74) is 2.48. The van der Waals surface area contributed by atoms with E-state index in [0.29, 0.717) is 17.2 Å². The molecule has 0 saturated carbocycles. The van der Waals surface area contributed by atoms with E-state index < -0.39 is 5.82 Å². The zero-order chi connectivity index (χ0) is 17.8. The molecule has 0 unspecified atom stereocenters. The second kappa shape index (κ2) is 7.27. The molecule has 1 heterocycles. The van der Waals surface area contributed by atoms with Crippen LogP contribution in [0.15, 0.2) is 54.6 Å². The molecule has 1 amide bonds. The third-order valence-electron chi connectivity index (χ3n) is 3.37. The van der Waals surface area contributed by atoms with Crippen LogP contribution in [0.3, 0.4) is 0 Å². The fraction of sp³-hybridized carbons (Fsp3) is 0.0556. The van der Waals surface area contributed by atoms with Crippen LogP contribution >= 0.6 is 11.6 Å².